The molecule has 2 rings (SSSR count). The van der Waals surface area contributed by atoms with Crippen LogP contribution in [0.2, 0.25) is 5.02 Å². The van der Waals surface area contributed by atoms with Gasteiger partial charge < -0.3 is 5.11 Å². The molecule has 0 saturated heterocycles. The Morgan fingerprint density at radius 2 is 2.19 bits per heavy atom. The number of carboxylic acid groups (broad SMARTS) is 1. The van der Waals surface area contributed by atoms with Gasteiger partial charge in [-0.25, -0.2) is 17.9 Å². The lowest BCUT2D eigenvalue weighted by Gasteiger charge is -2.14. The minimum absolute atomic E-state index is 0.416. The molecule has 0 radical (unpaired) electrons. The molecular weight excluding hydrogens is 318 g/mol. The van der Waals surface area contributed by atoms with E-state index in [1.807, 2.05) is 0 Å². The van der Waals surface area contributed by atoms with Crippen molar-refractivity contribution in [1.82, 2.24) is 14.9 Å². The van der Waals surface area contributed by atoms with Gasteiger partial charge in [0.25, 0.3) is 10.0 Å². The van der Waals surface area contributed by atoms with Gasteiger partial charge in [0.05, 0.1) is 6.20 Å². The summed E-state index contributed by atoms with van der Waals surface area (Å²) in [4.78, 5) is 11.0. The van der Waals surface area contributed by atoms with E-state index >= 15 is 0 Å². The molecular formula is C12H12ClN3O4S. The number of rotatable bonds is 5. The highest BCUT2D eigenvalue weighted by Crippen LogP contribution is 2.20. The second-order valence-electron chi connectivity index (χ2n) is 4.32. The summed E-state index contributed by atoms with van der Waals surface area (Å²) in [5.74, 6) is -1.38. The number of sulfonamides is 1. The Hall–Kier alpha value is -1.90. The van der Waals surface area contributed by atoms with Crippen LogP contribution in [0.1, 0.15) is 28.9 Å². The summed E-state index contributed by atoms with van der Waals surface area (Å²) in [5.41, 5.74) is 0.239. The lowest BCUT2D eigenvalue weighted by atomic mass is 10.1. The third kappa shape index (κ3) is 3.41. The summed E-state index contributed by atoms with van der Waals surface area (Å²) >= 11 is 5.86. The van der Waals surface area contributed by atoms with Crippen molar-refractivity contribution in [2.24, 2.45) is 0 Å². The van der Waals surface area contributed by atoms with Crippen LogP contribution in [0, 0.1) is 0 Å². The van der Waals surface area contributed by atoms with E-state index in [-0.39, 0.29) is 0 Å². The fraction of sp³-hybridized carbons (Fsp3) is 0.167. The normalized spacial score (nSPS) is 13.0. The first-order valence-corrected chi connectivity index (χ1v) is 7.72. The number of aromatic nitrogens is 2. The minimum atomic E-state index is -4.04. The molecule has 0 saturated carbocycles. The van der Waals surface area contributed by atoms with Crippen molar-refractivity contribution in [3.8, 4) is 0 Å². The molecule has 7 nitrogen and oxygen atoms in total. The number of halogens is 1. The van der Waals surface area contributed by atoms with Crippen LogP contribution in [0.5, 0.6) is 0 Å². The molecule has 1 atom stereocenters. The Labute approximate surface area is 126 Å². The number of benzene rings is 1. The van der Waals surface area contributed by atoms with Crippen LogP contribution in [-0.2, 0) is 10.0 Å². The second-order valence-corrected chi connectivity index (χ2v) is 6.40. The average molecular weight is 330 g/mol. The van der Waals surface area contributed by atoms with Gasteiger partial charge in [0.2, 0.25) is 0 Å². The number of nitrogens with one attached hydrogen (secondary N) is 2. The maximum Gasteiger partial charge on any atom is 0.340 e. The van der Waals surface area contributed by atoms with Crippen LogP contribution in [0.4, 0.5) is 0 Å². The van der Waals surface area contributed by atoms with E-state index < -0.39 is 32.6 Å². The quantitative estimate of drug-likeness (QED) is 0.774. The van der Waals surface area contributed by atoms with Crippen LogP contribution < -0.4 is 4.72 Å². The van der Waals surface area contributed by atoms with E-state index in [0.29, 0.717) is 10.6 Å². The molecule has 0 spiro atoms. The van der Waals surface area contributed by atoms with Gasteiger partial charge in [0.15, 0.2) is 5.03 Å². The molecule has 0 unspecified atom stereocenters. The largest absolute Gasteiger partial charge is 0.478 e. The average Bonchev–Trinajstić information content (AvgIpc) is 2.88. The van der Waals surface area contributed by atoms with E-state index in [1.165, 1.54) is 0 Å². The number of aromatic amines is 1. The molecule has 0 aliphatic heterocycles. The standard InChI is InChI=1S/C12H12ClN3O4S/c1-7(8-3-2-4-9(13)5-8)16-21(19,20)11-10(12(17)18)6-14-15-11/h2-7,16H,1H3,(H,14,15)(H,17,18)/t7-/m1/s1. The highest BCUT2D eigenvalue weighted by molar-refractivity contribution is 7.89. The number of carbonyl (C=O) groups is 1. The molecule has 0 fully saturated rings. The number of aromatic carboxylic acids is 1. The second kappa shape index (κ2) is 5.84. The van der Waals surface area contributed by atoms with E-state index in [4.69, 9.17) is 16.7 Å². The van der Waals surface area contributed by atoms with Gasteiger partial charge in [0, 0.05) is 11.1 Å². The van der Waals surface area contributed by atoms with Crippen molar-refractivity contribution in [1.29, 1.82) is 0 Å². The van der Waals surface area contributed by atoms with Crippen molar-refractivity contribution < 1.29 is 18.3 Å². The predicted octanol–water partition coefficient (Wildman–Crippen LogP) is 1.80. The van der Waals surface area contributed by atoms with Gasteiger partial charge in [-0.1, -0.05) is 23.7 Å². The number of H-pyrrole nitrogens is 1. The highest BCUT2D eigenvalue weighted by atomic mass is 35.5. The molecule has 1 aromatic carbocycles. The SMILES string of the molecule is C[C@@H](NS(=O)(=O)c1[nH]ncc1C(=O)O)c1cccc(Cl)c1. The van der Waals surface area contributed by atoms with Crippen molar-refractivity contribution in [3.05, 3.63) is 46.6 Å². The van der Waals surface area contributed by atoms with Gasteiger partial charge in [-0.05, 0) is 24.6 Å². The maximum atomic E-state index is 12.2. The number of hydrogen-bond donors (Lipinski definition) is 3. The molecule has 0 aliphatic carbocycles. The van der Waals surface area contributed by atoms with E-state index in [2.05, 4.69) is 14.9 Å². The predicted molar refractivity (Wildman–Crippen MR) is 75.7 cm³/mol. The lowest BCUT2D eigenvalue weighted by Crippen LogP contribution is -2.28. The fourth-order valence-corrected chi connectivity index (χ4v) is 3.29. The Bertz CT molecular complexity index is 772. The van der Waals surface area contributed by atoms with Gasteiger partial charge >= 0.3 is 5.97 Å². The molecule has 21 heavy (non-hydrogen) atoms. The third-order valence-electron chi connectivity index (χ3n) is 2.78. The van der Waals surface area contributed by atoms with Gasteiger partial charge in [-0.15, -0.1) is 0 Å². The minimum Gasteiger partial charge on any atom is -0.478 e. The summed E-state index contributed by atoms with van der Waals surface area (Å²) < 4.78 is 26.8. The first-order chi connectivity index (χ1) is 9.81. The third-order valence-corrected chi connectivity index (χ3v) is 4.53. The van der Waals surface area contributed by atoms with Gasteiger partial charge in [0.1, 0.15) is 5.56 Å². The van der Waals surface area contributed by atoms with Crippen LogP contribution in [0.15, 0.2) is 35.5 Å². The van der Waals surface area contributed by atoms with Crippen molar-refractivity contribution >= 4 is 27.6 Å². The molecule has 2 aromatic rings. The molecule has 0 bridgehead atoms. The topological polar surface area (TPSA) is 112 Å². The first kappa shape index (κ1) is 15.5. The summed E-state index contributed by atoms with van der Waals surface area (Å²) in [5, 5.41) is 14.6. The zero-order valence-electron chi connectivity index (χ0n) is 10.9. The molecule has 9 heteroatoms. The molecule has 1 aromatic heterocycles. The summed E-state index contributed by atoms with van der Waals surface area (Å²) in [7, 11) is -4.04. The summed E-state index contributed by atoms with van der Waals surface area (Å²) in [6, 6.07) is 6.12. The molecule has 0 aliphatic rings. The molecule has 0 amide bonds. The molecule has 1 heterocycles. The van der Waals surface area contributed by atoms with Crippen molar-refractivity contribution in [2.75, 3.05) is 0 Å². The Kier molecular flexibility index (Phi) is 4.31. The lowest BCUT2D eigenvalue weighted by molar-refractivity contribution is 0.0692. The van der Waals surface area contributed by atoms with E-state index in [9.17, 15) is 13.2 Å². The first-order valence-electron chi connectivity index (χ1n) is 5.85. The zero-order chi connectivity index (χ0) is 15.6. The molecule has 3 N–H and O–H groups in total. The van der Waals surface area contributed by atoms with E-state index in [1.54, 1.807) is 31.2 Å². The molecule has 112 valence electrons. The van der Waals surface area contributed by atoms with Crippen molar-refractivity contribution in [3.63, 3.8) is 0 Å². The smallest absolute Gasteiger partial charge is 0.340 e. The van der Waals surface area contributed by atoms with Crippen LogP contribution >= 0.6 is 11.6 Å². The van der Waals surface area contributed by atoms with Crippen LogP contribution in [0.3, 0.4) is 0 Å². The Morgan fingerprint density at radius 3 is 2.81 bits per heavy atom. The number of carboxylic acids is 1. The maximum absolute atomic E-state index is 12.2. The Balaban J connectivity index is 2.29. The number of hydrogen-bond acceptors (Lipinski definition) is 4. The van der Waals surface area contributed by atoms with Gasteiger partial charge in [-0.2, -0.15) is 5.10 Å². The van der Waals surface area contributed by atoms with Crippen molar-refractivity contribution in [2.45, 2.75) is 18.0 Å². The fourth-order valence-electron chi connectivity index (χ4n) is 1.77. The van der Waals surface area contributed by atoms with Crippen LogP contribution in [0.25, 0.3) is 0 Å². The van der Waals surface area contributed by atoms with E-state index in [0.717, 1.165) is 6.20 Å². The monoisotopic (exact) mass is 329 g/mol. The zero-order valence-corrected chi connectivity index (χ0v) is 12.4. The summed E-state index contributed by atoms with van der Waals surface area (Å²) in [6.45, 7) is 1.63. The number of nitrogens with zero attached hydrogens (tertiary/aromatic N) is 1. The summed E-state index contributed by atoms with van der Waals surface area (Å²) in [6.07, 6.45) is 0.945. The Morgan fingerprint density at radius 1 is 1.48 bits per heavy atom. The van der Waals surface area contributed by atoms with Crippen LogP contribution in [-0.4, -0.2) is 29.7 Å². The highest BCUT2D eigenvalue weighted by Gasteiger charge is 2.26. The van der Waals surface area contributed by atoms with Gasteiger partial charge in [-0.3, -0.25) is 5.10 Å².